The van der Waals surface area contributed by atoms with Crippen LogP contribution in [-0.2, 0) is 22.7 Å². The van der Waals surface area contributed by atoms with E-state index in [4.69, 9.17) is 14.0 Å². The highest BCUT2D eigenvalue weighted by Crippen LogP contribution is 2.22. The molecule has 23 heavy (non-hydrogen) atoms. The number of hydrogen-bond acceptors (Lipinski definition) is 6. The van der Waals surface area contributed by atoms with Crippen molar-refractivity contribution < 1.29 is 18.4 Å². The Morgan fingerprint density at radius 1 is 1.30 bits per heavy atom. The number of aromatic nitrogens is 4. The molecular weight excluding hydrogens is 303 g/mol. The molecule has 120 valence electrons. The topological polar surface area (TPSA) is 86.1 Å². The van der Waals surface area contributed by atoms with Gasteiger partial charge in [0.1, 0.15) is 24.9 Å². The summed E-state index contributed by atoms with van der Waals surface area (Å²) in [5, 5.41) is 3.96. The second kappa shape index (κ2) is 6.05. The number of nitrogens with one attached hydrogen (secondary N) is 1. The third-order valence-corrected chi connectivity index (χ3v) is 3.74. The number of imidazole rings is 1. The number of nitrogens with zero attached hydrogens (tertiary/aromatic N) is 3. The molecular formula is C15H15FN4O3. The first kappa shape index (κ1) is 14.3. The van der Waals surface area contributed by atoms with Crippen molar-refractivity contribution in [3.63, 3.8) is 0 Å². The molecule has 3 aromatic rings. The summed E-state index contributed by atoms with van der Waals surface area (Å²) in [7, 11) is 0. The maximum Gasteiger partial charge on any atom is 0.252 e. The van der Waals surface area contributed by atoms with Crippen LogP contribution in [-0.4, -0.2) is 33.3 Å². The molecule has 4 rings (SSSR count). The first-order valence-electron chi connectivity index (χ1n) is 7.40. The number of benzene rings is 1. The van der Waals surface area contributed by atoms with E-state index in [1.54, 1.807) is 6.07 Å². The summed E-state index contributed by atoms with van der Waals surface area (Å²) in [6.07, 6.45) is 0.912. The van der Waals surface area contributed by atoms with Crippen LogP contribution in [0.1, 0.15) is 29.9 Å². The predicted octanol–water partition coefficient (Wildman–Crippen LogP) is 2.31. The van der Waals surface area contributed by atoms with Crippen LogP contribution in [0.3, 0.4) is 0 Å². The monoisotopic (exact) mass is 318 g/mol. The second-order valence-electron chi connectivity index (χ2n) is 5.44. The van der Waals surface area contributed by atoms with Crippen molar-refractivity contribution in [2.75, 3.05) is 13.2 Å². The van der Waals surface area contributed by atoms with Gasteiger partial charge in [-0.2, -0.15) is 4.98 Å². The number of halogens is 1. The largest absolute Gasteiger partial charge is 0.381 e. The van der Waals surface area contributed by atoms with Gasteiger partial charge < -0.3 is 19.0 Å². The van der Waals surface area contributed by atoms with E-state index >= 15 is 0 Å². The Morgan fingerprint density at radius 3 is 3.13 bits per heavy atom. The molecule has 1 N–H and O–H groups in total. The van der Waals surface area contributed by atoms with E-state index in [2.05, 4.69) is 20.1 Å². The molecule has 0 bridgehead atoms. The summed E-state index contributed by atoms with van der Waals surface area (Å²) < 4.78 is 29.1. The van der Waals surface area contributed by atoms with Crippen LogP contribution >= 0.6 is 0 Å². The van der Waals surface area contributed by atoms with Gasteiger partial charge in [0.15, 0.2) is 5.82 Å². The van der Waals surface area contributed by atoms with E-state index in [9.17, 15) is 4.39 Å². The third-order valence-electron chi connectivity index (χ3n) is 3.74. The molecule has 1 aromatic carbocycles. The predicted molar refractivity (Wildman–Crippen MR) is 77.0 cm³/mol. The van der Waals surface area contributed by atoms with E-state index < -0.39 is 0 Å². The molecule has 1 fully saturated rings. The maximum absolute atomic E-state index is 13.1. The average Bonchev–Trinajstić information content (AvgIpc) is 3.26. The molecule has 1 saturated heterocycles. The Morgan fingerprint density at radius 2 is 2.26 bits per heavy atom. The molecule has 8 heteroatoms. The number of rotatable bonds is 5. The van der Waals surface area contributed by atoms with Crippen molar-refractivity contribution in [3.8, 4) is 0 Å². The number of ether oxygens (including phenoxy) is 2. The van der Waals surface area contributed by atoms with E-state index in [-0.39, 0.29) is 24.9 Å². The van der Waals surface area contributed by atoms with E-state index in [0.717, 1.165) is 13.0 Å². The quantitative estimate of drug-likeness (QED) is 0.777. The summed E-state index contributed by atoms with van der Waals surface area (Å²) >= 11 is 0. The van der Waals surface area contributed by atoms with Gasteiger partial charge in [-0.3, -0.25) is 0 Å². The SMILES string of the molecule is Fc1ccc2nc(COCc3nc(C4CCOC4)no3)[nH]c2c1. The van der Waals surface area contributed by atoms with E-state index in [0.29, 0.717) is 35.2 Å². The smallest absolute Gasteiger partial charge is 0.252 e. The molecule has 0 radical (unpaired) electrons. The summed E-state index contributed by atoms with van der Waals surface area (Å²) in [4.78, 5) is 11.7. The van der Waals surface area contributed by atoms with Crippen molar-refractivity contribution in [1.82, 2.24) is 20.1 Å². The second-order valence-corrected chi connectivity index (χ2v) is 5.44. The number of H-pyrrole nitrogens is 1. The van der Waals surface area contributed by atoms with Crippen LogP contribution in [0.15, 0.2) is 22.7 Å². The van der Waals surface area contributed by atoms with Gasteiger partial charge in [-0.25, -0.2) is 9.37 Å². The summed E-state index contributed by atoms with van der Waals surface area (Å²) in [5.41, 5.74) is 1.34. The highest BCUT2D eigenvalue weighted by atomic mass is 19.1. The fourth-order valence-corrected chi connectivity index (χ4v) is 2.57. The average molecular weight is 318 g/mol. The lowest BCUT2D eigenvalue weighted by molar-refractivity contribution is 0.0811. The Hall–Kier alpha value is -2.32. The maximum atomic E-state index is 13.1. The standard InChI is InChI=1S/C15H15FN4O3/c16-10-1-2-11-12(5-10)18-13(17-11)7-22-8-14-19-15(20-23-14)9-3-4-21-6-9/h1-2,5,9H,3-4,6-8H2,(H,17,18). The molecule has 0 saturated carbocycles. The lowest BCUT2D eigenvalue weighted by Crippen LogP contribution is -2.01. The van der Waals surface area contributed by atoms with E-state index in [1.807, 2.05) is 0 Å². The van der Waals surface area contributed by atoms with Gasteiger partial charge in [0.2, 0.25) is 0 Å². The van der Waals surface area contributed by atoms with Gasteiger partial charge in [0, 0.05) is 12.5 Å². The molecule has 3 heterocycles. The highest BCUT2D eigenvalue weighted by Gasteiger charge is 2.23. The van der Waals surface area contributed by atoms with Crippen LogP contribution in [0.5, 0.6) is 0 Å². The normalized spacial score (nSPS) is 18.0. The number of fused-ring (bicyclic) bond motifs is 1. The molecule has 7 nitrogen and oxygen atoms in total. The Balaban J connectivity index is 1.35. The lowest BCUT2D eigenvalue weighted by Gasteiger charge is -1.98. The Kier molecular flexibility index (Phi) is 3.76. The highest BCUT2D eigenvalue weighted by molar-refractivity contribution is 5.74. The van der Waals surface area contributed by atoms with Crippen molar-refractivity contribution in [1.29, 1.82) is 0 Å². The van der Waals surface area contributed by atoms with Crippen LogP contribution in [0.4, 0.5) is 4.39 Å². The van der Waals surface area contributed by atoms with Crippen LogP contribution in [0, 0.1) is 5.82 Å². The fraction of sp³-hybridized carbons (Fsp3) is 0.400. The lowest BCUT2D eigenvalue weighted by atomic mass is 10.1. The van der Waals surface area contributed by atoms with Crippen molar-refractivity contribution >= 4 is 11.0 Å². The Labute approximate surface area is 130 Å². The third kappa shape index (κ3) is 3.08. The minimum absolute atomic E-state index is 0.200. The van der Waals surface area contributed by atoms with Gasteiger partial charge in [-0.15, -0.1) is 0 Å². The fourth-order valence-electron chi connectivity index (χ4n) is 2.57. The zero-order valence-electron chi connectivity index (χ0n) is 12.3. The van der Waals surface area contributed by atoms with Crippen LogP contribution in [0.2, 0.25) is 0 Å². The molecule has 1 aliphatic heterocycles. The molecule has 1 unspecified atom stereocenters. The minimum atomic E-state index is -0.303. The molecule has 2 aromatic heterocycles. The van der Waals surface area contributed by atoms with Gasteiger partial charge in [0.05, 0.1) is 17.6 Å². The Bertz CT molecular complexity index is 810. The summed E-state index contributed by atoms with van der Waals surface area (Å²) in [6, 6.07) is 4.40. The van der Waals surface area contributed by atoms with Gasteiger partial charge in [-0.1, -0.05) is 5.16 Å². The molecule has 1 aliphatic rings. The van der Waals surface area contributed by atoms with Gasteiger partial charge >= 0.3 is 0 Å². The van der Waals surface area contributed by atoms with Crippen LogP contribution in [0.25, 0.3) is 11.0 Å². The molecule has 0 spiro atoms. The molecule has 0 amide bonds. The van der Waals surface area contributed by atoms with Crippen LogP contribution < -0.4 is 0 Å². The van der Waals surface area contributed by atoms with Gasteiger partial charge in [-0.05, 0) is 24.6 Å². The number of hydrogen-bond donors (Lipinski definition) is 1. The molecule has 1 atom stereocenters. The summed E-state index contributed by atoms with van der Waals surface area (Å²) in [6.45, 7) is 1.82. The first-order valence-corrected chi connectivity index (χ1v) is 7.40. The first-order chi connectivity index (χ1) is 11.3. The summed E-state index contributed by atoms with van der Waals surface area (Å²) in [5.74, 6) is 1.62. The molecule has 0 aliphatic carbocycles. The van der Waals surface area contributed by atoms with Crippen molar-refractivity contribution in [3.05, 3.63) is 41.6 Å². The minimum Gasteiger partial charge on any atom is -0.381 e. The van der Waals surface area contributed by atoms with Gasteiger partial charge in [0.25, 0.3) is 5.89 Å². The zero-order chi connectivity index (χ0) is 15.6. The number of aromatic amines is 1. The van der Waals surface area contributed by atoms with Crippen molar-refractivity contribution in [2.24, 2.45) is 0 Å². The zero-order valence-corrected chi connectivity index (χ0v) is 12.3. The van der Waals surface area contributed by atoms with Crippen molar-refractivity contribution in [2.45, 2.75) is 25.6 Å². The van der Waals surface area contributed by atoms with E-state index in [1.165, 1.54) is 12.1 Å².